The largest absolute Gasteiger partial charge is 0.493 e. The van der Waals surface area contributed by atoms with Crippen LogP contribution in [0.4, 0.5) is 0 Å². The molecule has 1 aliphatic rings. The van der Waals surface area contributed by atoms with Crippen molar-refractivity contribution in [3.63, 3.8) is 0 Å². The van der Waals surface area contributed by atoms with Crippen molar-refractivity contribution in [2.45, 2.75) is 79.3 Å². The highest BCUT2D eigenvalue weighted by Gasteiger charge is 2.40. The quantitative estimate of drug-likeness (QED) is 0.216. The predicted molar refractivity (Wildman–Crippen MR) is 162 cm³/mol. The number of allylic oxidation sites excluding steroid dienone is 2. The van der Waals surface area contributed by atoms with Gasteiger partial charge in [-0.25, -0.2) is 9.59 Å². The van der Waals surface area contributed by atoms with Gasteiger partial charge in [0, 0.05) is 61.3 Å². The maximum atomic E-state index is 13.9. The average molecular weight is 588 g/mol. The second kappa shape index (κ2) is 16.9. The molecule has 234 valence electrons. The summed E-state index contributed by atoms with van der Waals surface area (Å²) in [5, 5.41) is 6.35. The summed E-state index contributed by atoms with van der Waals surface area (Å²) in [5.74, 6) is -1.65. The molecule has 1 amide bonds. The molecule has 0 aromatic heterocycles. The van der Waals surface area contributed by atoms with Crippen molar-refractivity contribution in [3.05, 3.63) is 51.9 Å². The Morgan fingerprint density at radius 3 is 2.05 bits per heavy atom. The van der Waals surface area contributed by atoms with Crippen molar-refractivity contribution in [3.8, 4) is 5.75 Å². The number of carbonyl (C=O) groups excluding carboxylic acids is 3. The fourth-order valence-corrected chi connectivity index (χ4v) is 5.33. The van der Waals surface area contributed by atoms with E-state index in [1.165, 1.54) is 0 Å². The normalized spacial score (nSPS) is 14.5. The summed E-state index contributed by atoms with van der Waals surface area (Å²) in [6.45, 7) is 14.9. The number of carbonyl (C=O) groups is 3. The molecule has 1 heterocycles. The maximum absolute atomic E-state index is 13.9. The highest BCUT2D eigenvalue weighted by molar-refractivity contribution is 6.00. The molecule has 1 aliphatic heterocycles. The van der Waals surface area contributed by atoms with Crippen LogP contribution in [0.5, 0.6) is 5.75 Å². The Hall–Kier alpha value is -3.37. The van der Waals surface area contributed by atoms with Gasteiger partial charge in [0.1, 0.15) is 5.75 Å². The minimum absolute atomic E-state index is 0.000309. The zero-order valence-electron chi connectivity index (χ0n) is 26.7. The van der Waals surface area contributed by atoms with Crippen molar-refractivity contribution in [1.82, 2.24) is 15.5 Å². The number of dihydropyridines is 1. The van der Waals surface area contributed by atoms with E-state index in [0.29, 0.717) is 54.4 Å². The number of esters is 2. The van der Waals surface area contributed by atoms with E-state index in [-0.39, 0.29) is 42.4 Å². The summed E-state index contributed by atoms with van der Waals surface area (Å²) in [4.78, 5) is 42.5. The van der Waals surface area contributed by atoms with Gasteiger partial charge in [-0.15, -0.1) is 0 Å². The molecule has 1 aromatic carbocycles. The zero-order chi connectivity index (χ0) is 31.4. The summed E-state index contributed by atoms with van der Waals surface area (Å²) < 4.78 is 22.3. The standard InChI is InChI=1S/C32H49N3O7/c1-10-24(19-33-8)35(20(4)5)30(36)23-14-15-25(26(18-23)42-17-13-16-39-9)29-27(31(37)40-11-2)21(6)34-22(7)28(29)32(38)41-12-3/h14-15,18,20,24,29,33-34H,10-13,16-17,19H2,1-9H3/t24-/m1/s1. The van der Waals surface area contributed by atoms with Crippen LogP contribution in [0.25, 0.3) is 0 Å². The van der Waals surface area contributed by atoms with Crippen LogP contribution in [0.1, 0.15) is 83.1 Å². The van der Waals surface area contributed by atoms with Crippen LogP contribution in [0.3, 0.4) is 0 Å². The van der Waals surface area contributed by atoms with Gasteiger partial charge in [0.15, 0.2) is 0 Å². The summed E-state index contributed by atoms with van der Waals surface area (Å²) in [5.41, 5.74) is 2.73. The van der Waals surface area contributed by atoms with Gasteiger partial charge in [-0.2, -0.15) is 0 Å². The minimum Gasteiger partial charge on any atom is -0.493 e. The Balaban J connectivity index is 2.78. The highest BCUT2D eigenvalue weighted by Crippen LogP contribution is 2.43. The number of hydrogen-bond acceptors (Lipinski definition) is 9. The second-order valence-corrected chi connectivity index (χ2v) is 10.4. The molecule has 0 saturated heterocycles. The molecule has 0 spiro atoms. The predicted octanol–water partition coefficient (Wildman–Crippen LogP) is 4.31. The molecule has 0 aliphatic carbocycles. The lowest BCUT2D eigenvalue weighted by Crippen LogP contribution is -2.48. The zero-order valence-corrected chi connectivity index (χ0v) is 26.7. The van der Waals surface area contributed by atoms with Crippen molar-refractivity contribution in [2.75, 3.05) is 47.1 Å². The van der Waals surface area contributed by atoms with E-state index < -0.39 is 17.9 Å². The number of ether oxygens (including phenoxy) is 4. The number of methoxy groups -OCH3 is 1. The first-order valence-corrected chi connectivity index (χ1v) is 14.8. The van der Waals surface area contributed by atoms with Crippen LogP contribution in [0.2, 0.25) is 0 Å². The fraction of sp³-hybridized carbons (Fsp3) is 0.594. The van der Waals surface area contributed by atoms with Gasteiger partial charge in [0.05, 0.1) is 36.9 Å². The third-order valence-corrected chi connectivity index (χ3v) is 7.17. The Labute approximate surface area is 250 Å². The topological polar surface area (TPSA) is 115 Å². The lowest BCUT2D eigenvalue weighted by Gasteiger charge is -2.35. The van der Waals surface area contributed by atoms with Crippen LogP contribution < -0.4 is 15.4 Å². The summed E-state index contributed by atoms with van der Waals surface area (Å²) in [7, 11) is 3.49. The molecule has 10 nitrogen and oxygen atoms in total. The highest BCUT2D eigenvalue weighted by atomic mass is 16.5. The van der Waals surface area contributed by atoms with E-state index in [0.717, 1.165) is 6.42 Å². The first-order valence-electron chi connectivity index (χ1n) is 14.8. The third kappa shape index (κ3) is 8.35. The molecular formula is C32H49N3O7. The molecule has 0 fully saturated rings. The molecular weight excluding hydrogens is 538 g/mol. The van der Waals surface area contributed by atoms with Gasteiger partial charge in [0.25, 0.3) is 5.91 Å². The Bertz CT molecular complexity index is 1120. The molecule has 1 atom stereocenters. The van der Waals surface area contributed by atoms with Gasteiger partial charge in [-0.1, -0.05) is 13.0 Å². The molecule has 0 bridgehead atoms. The van der Waals surface area contributed by atoms with Gasteiger partial charge in [0.2, 0.25) is 0 Å². The van der Waals surface area contributed by atoms with E-state index in [2.05, 4.69) is 17.6 Å². The number of nitrogens with one attached hydrogen (secondary N) is 2. The van der Waals surface area contributed by atoms with Crippen molar-refractivity contribution in [1.29, 1.82) is 0 Å². The van der Waals surface area contributed by atoms with Gasteiger partial charge in [-0.05, 0) is 67.1 Å². The molecule has 0 unspecified atom stereocenters. The smallest absolute Gasteiger partial charge is 0.336 e. The average Bonchev–Trinajstić information content (AvgIpc) is 2.94. The minimum atomic E-state index is -0.834. The summed E-state index contributed by atoms with van der Waals surface area (Å²) in [6, 6.07) is 5.18. The molecule has 42 heavy (non-hydrogen) atoms. The summed E-state index contributed by atoms with van der Waals surface area (Å²) in [6.07, 6.45) is 1.40. The van der Waals surface area contributed by atoms with Crippen molar-refractivity contribution >= 4 is 17.8 Å². The second-order valence-electron chi connectivity index (χ2n) is 10.4. The SMILES string of the molecule is CCOC(=O)C1=C(C)NC(C)=C(C(=O)OCC)C1c1ccc(C(=O)N(C(C)C)[C@H](CC)CNC)cc1OCCCOC. The molecule has 10 heteroatoms. The molecule has 2 N–H and O–H groups in total. The summed E-state index contributed by atoms with van der Waals surface area (Å²) >= 11 is 0. The monoisotopic (exact) mass is 587 g/mol. The van der Waals surface area contributed by atoms with E-state index >= 15 is 0 Å². The van der Waals surface area contributed by atoms with E-state index in [1.54, 1.807) is 53.0 Å². The van der Waals surface area contributed by atoms with E-state index in [9.17, 15) is 14.4 Å². The lowest BCUT2D eigenvalue weighted by molar-refractivity contribution is -0.139. The third-order valence-electron chi connectivity index (χ3n) is 7.17. The van der Waals surface area contributed by atoms with Crippen molar-refractivity contribution in [2.24, 2.45) is 0 Å². The number of benzene rings is 1. The Kier molecular flexibility index (Phi) is 14.0. The number of likely N-dealkylation sites (N-methyl/N-ethyl adjacent to an activating group) is 1. The van der Waals surface area contributed by atoms with Crippen molar-refractivity contribution < 1.29 is 33.3 Å². The molecule has 2 rings (SSSR count). The Morgan fingerprint density at radius 1 is 0.976 bits per heavy atom. The number of rotatable bonds is 16. The fourth-order valence-electron chi connectivity index (χ4n) is 5.33. The Morgan fingerprint density at radius 2 is 1.57 bits per heavy atom. The van der Waals surface area contributed by atoms with Crippen LogP contribution in [0.15, 0.2) is 40.7 Å². The number of nitrogens with zero attached hydrogens (tertiary/aromatic N) is 1. The molecule has 1 aromatic rings. The molecule has 0 saturated carbocycles. The van der Waals surface area contributed by atoms with Gasteiger partial charge >= 0.3 is 11.9 Å². The van der Waals surface area contributed by atoms with Crippen LogP contribution in [0, 0.1) is 0 Å². The first-order chi connectivity index (χ1) is 20.1. The maximum Gasteiger partial charge on any atom is 0.336 e. The van der Waals surface area contributed by atoms with Crippen LogP contribution in [-0.2, 0) is 23.8 Å². The molecule has 0 radical (unpaired) electrons. The van der Waals surface area contributed by atoms with E-state index in [4.69, 9.17) is 18.9 Å². The van der Waals surface area contributed by atoms with E-state index in [1.807, 2.05) is 25.8 Å². The van der Waals surface area contributed by atoms with Crippen LogP contribution >= 0.6 is 0 Å². The van der Waals surface area contributed by atoms with Gasteiger partial charge < -0.3 is 34.5 Å². The van der Waals surface area contributed by atoms with Crippen LogP contribution in [-0.4, -0.2) is 82.0 Å². The first kappa shape index (κ1) is 34.8. The number of amides is 1. The van der Waals surface area contributed by atoms with Gasteiger partial charge in [-0.3, -0.25) is 4.79 Å². The number of hydrogen-bond donors (Lipinski definition) is 2. The lowest BCUT2D eigenvalue weighted by atomic mass is 9.79.